The van der Waals surface area contributed by atoms with Gasteiger partial charge in [0, 0.05) is 52.0 Å². The van der Waals surface area contributed by atoms with Gasteiger partial charge in [-0.05, 0) is 11.6 Å². The number of carbonyl (C=O) groups excluding carboxylic acids is 1. The van der Waals surface area contributed by atoms with Crippen LogP contribution in [0, 0.1) is 0 Å². The molecule has 2 aliphatic heterocycles. The van der Waals surface area contributed by atoms with Crippen molar-refractivity contribution < 1.29 is 9.53 Å². The third-order valence-electron chi connectivity index (χ3n) is 5.26. The van der Waals surface area contributed by atoms with E-state index in [0.29, 0.717) is 31.9 Å². The molecular formula is C21H26N4O2. The van der Waals surface area contributed by atoms with E-state index in [4.69, 9.17) is 4.74 Å². The summed E-state index contributed by atoms with van der Waals surface area (Å²) in [6.45, 7) is 7.44. The minimum Gasteiger partial charge on any atom is -0.378 e. The van der Waals surface area contributed by atoms with E-state index in [2.05, 4.69) is 45.1 Å². The number of nitrogens with zero attached hydrogens (tertiary/aromatic N) is 4. The van der Waals surface area contributed by atoms with Crippen molar-refractivity contribution in [1.29, 1.82) is 0 Å². The first kappa shape index (κ1) is 17.9. The minimum atomic E-state index is 0.0513. The van der Waals surface area contributed by atoms with Crippen molar-refractivity contribution in [2.45, 2.75) is 6.54 Å². The van der Waals surface area contributed by atoms with Crippen molar-refractivity contribution in [1.82, 2.24) is 14.8 Å². The molecule has 0 spiro atoms. The summed E-state index contributed by atoms with van der Waals surface area (Å²) in [6.07, 6.45) is 3.54. The topological polar surface area (TPSA) is 48.9 Å². The fraction of sp³-hybridized carbons (Fsp3) is 0.429. The number of pyridine rings is 1. The van der Waals surface area contributed by atoms with Crippen molar-refractivity contribution in [2.75, 3.05) is 57.4 Å². The molecule has 0 atom stereocenters. The highest BCUT2D eigenvalue weighted by Gasteiger charge is 2.21. The maximum atomic E-state index is 12.7. The number of morpholine rings is 1. The van der Waals surface area contributed by atoms with Crippen molar-refractivity contribution in [3.8, 4) is 0 Å². The summed E-state index contributed by atoms with van der Waals surface area (Å²) in [7, 11) is 0. The minimum absolute atomic E-state index is 0.0513. The molecule has 2 fully saturated rings. The van der Waals surface area contributed by atoms with Crippen molar-refractivity contribution in [3.05, 3.63) is 59.9 Å². The van der Waals surface area contributed by atoms with Crippen LogP contribution in [0.15, 0.2) is 48.8 Å². The molecule has 27 heavy (non-hydrogen) atoms. The number of anilines is 1. The molecule has 0 saturated carbocycles. The number of ether oxygens (including phenoxy) is 1. The van der Waals surface area contributed by atoms with Gasteiger partial charge in [-0.25, -0.2) is 0 Å². The summed E-state index contributed by atoms with van der Waals surface area (Å²) in [4.78, 5) is 23.7. The molecule has 1 aromatic heterocycles. The Morgan fingerprint density at radius 1 is 0.963 bits per heavy atom. The van der Waals surface area contributed by atoms with E-state index in [1.165, 1.54) is 5.56 Å². The van der Waals surface area contributed by atoms with E-state index in [-0.39, 0.29) is 5.91 Å². The van der Waals surface area contributed by atoms with Gasteiger partial charge in [-0.15, -0.1) is 0 Å². The van der Waals surface area contributed by atoms with Gasteiger partial charge >= 0.3 is 0 Å². The molecule has 0 aliphatic carbocycles. The first-order valence-electron chi connectivity index (χ1n) is 9.63. The molecule has 0 bridgehead atoms. The van der Waals surface area contributed by atoms with Gasteiger partial charge in [-0.3, -0.25) is 14.7 Å². The van der Waals surface area contributed by atoms with Crippen molar-refractivity contribution in [2.24, 2.45) is 0 Å². The van der Waals surface area contributed by atoms with E-state index >= 15 is 0 Å². The monoisotopic (exact) mass is 366 g/mol. The average Bonchev–Trinajstić information content (AvgIpc) is 2.75. The molecule has 6 heteroatoms. The molecule has 1 amide bonds. The SMILES string of the molecule is O=C(c1cncc(N2CCN(Cc3ccccc3)CC2)c1)N1CCOCC1. The van der Waals surface area contributed by atoms with Crippen LogP contribution >= 0.6 is 0 Å². The predicted molar refractivity (Wildman–Crippen MR) is 105 cm³/mol. The predicted octanol–water partition coefficient (Wildman–Crippen LogP) is 1.88. The molecule has 6 nitrogen and oxygen atoms in total. The molecule has 2 aliphatic rings. The van der Waals surface area contributed by atoms with E-state index < -0.39 is 0 Å². The van der Waals surface area contributed by atoms with Crippen LogP contribution in [-0.2, 0) is 11.3 Å². The summed E-state index contributed by atoms with van der Waals surface area (Å²) in [5, 5.41) is 0. The Bertz CT molecular complexity index is 754. The summed E-state index contributed by atoms with van der Waals surface area (Å²) >= 11 is 0. The van der Waals surface area contributed by atoms with Crippen LogP contribution in [-0.4, -0.2) is 73.2 Å². The van der Waals surface area contributed by atoms with Crippen LogP contribution in [0.2, 0.25) is 0 Å². The molecular weight excluding hydrogens is 340 g/mol. The van der Waals surface area contributed by atoms with Gasteiger partial charge in [0.15, 0.2) is 0 Å². The molecule has 2 saturated heterocycles. The summed E-state index contributed by atoms with van der Waals surface area (Å²) in [5.41, 5.74) is 3.06. The summed E-state index contributed by atoms with van der Waals surface area (Å²) < 4.78 is 5.33. The second kappa shape index (κ2) is 8.50. The Kier molecular flexibility index (Phi) is 5.65. The Morgan fingerprint density at radius 3 is 2.44 bits per heavy atom. The van der Waals surface area contributed by atoms with Gasteiger partial charge in [0.25, 0.3) is 5.91 Å². The Morgan fingerprint density at radius 2 is 1.70 bits per heavy atom. The summed E-state index contributed by atoms with van der Waals surface area (Å²) in [6, 6.07) is 12.6. The van der Waals surface area contributed by atoms with Crippen LogP contribution in [0.1, 0.15) is 15.9 Å². The fourth-order valence-corrected chi connectivity index (χ4v) is 3.67. The lowest BCUT2D eigenvalue weighted by molar-refractivity contribution is 0.0302. The molecule has 0 unspecified atom stereocenters. The zero-order valence-electron chi connectivity index (χ0n) is 15.6. The number of piperazine rings is 1. The number of hydrogen-bond acceptors (Lipinski definition) is 5. The van der Waals surface area contributed by atoms with E-state index in [9.17, 15) is 4.79 Å². The number of benzene rings is 1. The summed E-state index contributed by atoms with van der Waals surface area (Å²) in [5.74, 6) is 0.0513. The third-order valence-corrected chi connectivity index (χ3v) is 5.26. The molecule has 4 rings (SSSR count). The lowest BCUT2D eigenvalue weighted by Crippen LogP contribution is -2.46. The molecule has 0 radical (unpaired) electrons. The lowest BCUT2D eigenvalue weighted by Gasteiger charge is -2.36. The third kappa shape index (κ3) is 4.46. The second-order valence-electron chi connectivity index (χ2n) is 7.09. The second-order valence-corrected chi connectivity index (χ2v) is 7.09. The Labute approximate surface area is 160 Å². The van der Waals surface area contributed by atoms with Crippen LogP contribution in [0.25, 0.3) is 0 Å². The molecule has 0 N–H and O–H groups in total. The first-order chi connectivity index (χ1) is 13.3. The maximum absolute atomic E-state index is 12.7. The van der Waals surface area contributed by atoms with Gasteiger partial charge < -0.3 is 14.5 Å². The fourth-order valence-electron chi connectivity index (χ4n) is 3.67. The van der Waals surface area contributed by atoms with E-state index in [1.807, 2.05) is 17.2 Å². The molecule has 3 heterocycles. The quantitative estimate of drug-likeness (QED) is 0.827. The molecule has 2 aromatic rings. The number of amides is 1. The lowest BCUT2D eigenvalue weighted by atomic mass is 10.1. The van der Waals surface area contributed by atoms with Gasteiger partial charge in [0.1, 0.15) is 0 Å². The van der Waals surface area contributed by atoms with Gasteiger partial charge in [0.05, 0.1) is 30.7 Å². The van der Waals surface area contributed by atoms with E-state index in [0.717, 1.165) is 38.4 Å². The molecule has 1 aromatic carbocycles. The van der Waals surface area contributed by atoms with E-state index in [1.54, 1.807) is 6.20 Å². The highest BCUT2D eigenvalue weighted by molar-refractivity contribution is 5.94. The normalized spacial score (nSPS) is 18.5. The average molecular weight is 366 g/mol. The van der Waals surface area contributed by atoms with Crippen LogP contribution in [0.3, 0.4) is 0 Å². The highest BCUT2D eigenvalue weighted by Crippen LogP contribution is 2.19. The molecule has 142 valence electrons. The Balaban J connectivity index is 1.36. The number of aromatic nitrogens is 1. The number of carbonyl (C=O) groups is 1. The maximum Gasteiger partial charge on any atom is 0.255 e. The standard InChI is InChI=1S/C21H26N4O2/c26-21(25-10-12-27-13-11-25)19-14-20(16-22-15-19)24-8-6-23(7-9-24)17-18-4-2-1-3-5-18/h1-5,14-16H,6-13,17H2. The number of rotatable bonds is 4. The number of hydrogen-bond donors (Lipinski definition) is 0. The largest absolute Gasteiger partial charge is 0.378 e. The van der Waals surface area contributed by atoms with Crippen LogP contribution in [0.5, 0.6) is 0 Å². The van der Waals surface area contributed by atoms with Crippen LogP contribution < -0.4 is 4.90 Å². The highest BCUT2D eigenvalue weighted by atomic mass is 16.5. The zero-order valence-corrected chi connectivity index (χ0v) is 15.6. The smallest absolute Gasteiger partial charge is 0.255 e. The Hall–Kier alpha value is -2.44. The zero-order chi connectivity index (χ0) is 18.5. The van der Waals surface area contributed by atoms with Gasteiger partial charge in [-0.1, -0.05) is 30.3 Å². The van der Waals surface area contributed by atoms with Gasteiger partial charge in [-0.2, -0.15) is 0 Å². The van der Waals surface area contributed by atoms with Gasteiger partial charge in [0.2, 0.25) is 0 Å². The first-order valence-corrected chi connectivity index (χ1v) is 9.63. The van der Waals surface area contributed by atoms with Crippen molar-refractivity contribution >= 4 is 11.6 Å². The van der Waals surface area contributed by atoms with Crippen molar-refractivity contribution in [3.63, 3.8) is 0 Å². The van der Waals surface area contributed by atoms with Crippen LogP contribution in [0.4, 0.5) is 5.69 Å².